The Bertz CT molecular complexity index is 2790. The average Bonchev–Trinajstić information content (AvgIpc) is 3.73. The standard InChI is InChI=1S/C44H16N10/c45-15-25-4-8-31-33(12-25)35(19-49)41(43(31)37(21-51)39-10-6-27(17-47)23-53-39)29-2-1-3-30(14-29)42-36(20-50)34-13-26(16-46)5-9-32(34)44(42)38(22-52)40-11-7-28(18-48)24-54-40/h1-14,23-24H/b43-37+,44-38+. The zero-order chi connectivity index (χ0) is 37.9. The summed E-state index contributed by atoms with van der Waals surface area (Å²) >= 11 is 0. The van der Waals surface area contributed by atoms with E-state index in [9.17, 15) is 42.1 Å². The zero-order valence-electron chi connectivity index (χ0n) is 27.7. The third kappa shape index (κ3) is 5.31. The largest absolute Gasteiger partial charge is 0.254 e. The smallest absolute Gasteiger partial charge is 0.102 e. The van der Waals surface area contributed by atoms with E-state index in [1.54, 1.807) is 84.9 Å². The molecule has 242 valence electrons. The van der Waals surface area contributed by atoms with Gasteiger partial charge < -0.3 is 0 Å². The lowest BCUT2D eigenvalue weighted by molar-refractivity contribution is 1.26. The fraction of sp³-hybridized carbons (Fsp3) is 0. The van der Waals surface area contributed by atoms with Crippen LogP contribution in [0.3, 0.4) is 0 Å². The zero-order valence-corrected chi connectivity index (χ0v) is 27.7. The number of aromatic nitrogens is 2. The Morgan fingerprint density at radius 2 is 0.815 bits per heavy atom. The van der Waals surface area contributed by atoms with Crippen LogP contribution < -0.4 is 0 Å². The molecule has 2 aromatic heterocycles. The molecule has 0 atom stereocenters. The molecule has 0 spiro atoms. The minimum Gasteiger partial charge on any atom is -0.254 e. The fourth-order valence-corrected chi connectivity index (χ4v) is 6.72. The summed E-state index contributed by atoms with van der Waals surface area (Å²) < 4.78 is 0. The van der Waals surface area contributed by atoms with Crippen LogP contribution in [-0.4, -0.2) is 9.97 Å². The number of hydrogen-bond donors (Lipinski definition) is 0. The Labute approximate surface area is 308 Å². The molecular weight excluding hydrogens is 669 g/mol. The Morgan fingerprint density at radius 3 is 1.15 bits per heavy atom. The van der Waals surface area contributed by atoms with Crippen LogP contribution in [0.25, 0.3) is 44.6 Å². The maximum atomic E-state index is 10.7. The summed E-state index contributed by atoms with van der Waals surface area (Å²) in [7, 11) is 0. The maximum Gasteiger partial charge on any atom is 0.102 e. The molecule has 0 radical (unpaired) electrons. The van der Waals surface area contributed by atoms with Gasteiger partial charge >= 0.3 is 0 Å². The molecule has 5 aromatic rings. The molecule has 0 N–H and O–H groups in total. The molecule has 7 rings (SSSR count). The predicted molar refractivity (Wildman–Crippen MR) is 196 cm³/mol. The van der Waals surface area contributed by atoms with Gasteiger partial charge in [-0.2, -0.15) is 42.1 Å². The number of hydrogen-bond acceptors (Lipinski definition) is 10. The highest BCUT2D eigenvalue weighted by Crippen LogP contribution is 2.52. The lowest BCUT2D eigenvalue weighted by Crippen LogP contribution is -1.97. The molecular formula is C44H16N10. The first-order valence-corrected chi connectivity index (χ1v) is 15.9. The van der Waals surface area contributed by atoms with Crippen LogP contribution >= 0.6 is 0 Å². The van der Waals surface area contributed by atoms with Crippen LogP contribution in [0.5, 0.6) is 0 Å². The number of pyridine rings is 2. The SMILES string of the molecule is N#CC1=C(c2cccc(C3=C(C#N)c4cc(C#N)ccc4/C3=C(/C#N)c3ccc(C#N)cn3)c2)/C(=C(\C#N)c2ccc(C#N)cn2)c2ccc(C#N)cc21. The van der Waals surface area contributed by atoms with Gasteiger partial charge in [-0.25, -0.2) is 0 Å². The van der Waals surface area contributed by atoms with Crippen LogP contribution in [0, 0.1) is 90.6 Å². The first kappa shape index (κ1) is 33.3. The minimum absolute atomic E-state index is 0.129. The summed E-state index contributed by atoms with van der Waals surface area (Å²) in [5.41, 5.74) is 6.89. The average molecular weight is 685 g/mol. The predicted octanol–water partition coefficient (Wildman–Crippen LogP) is 7.73. The van der Waals surface area contributed by atoms with Gasteiger partial charge in [-0.15, -0.1) is 0 Å². The lowest BCUT2D eigenvalue weighted by atomic mass is 9.87. The van der Waals surface area contributed by atoms with Gasteiger partial charge in [0.15, 0.2) is 0 Å². The van der Waals surface area contributed by atoms with Crippen molar-refractivity contribution in [2.24, 2.45) is 0 Å². The van der Waals surface area contributed by atoms with Gasteiger partial charge in [0.2, 0.25) is 0 Å². The van der Waals surface area contributed by atoms with E-state index in [2.05, 4.69) is 46.4 Å². The summed E-state index contributed by atoms with van der Waals surface area (Å²) in [5, 5.41) is 80.7. The molecule has 10 nitrogen and oxygen atoms in total. The van der Waals surface area contributed by atoms with E-state index in [1.165, 1.54) is 12.4 Å². The Morgan fingerprint density at radius 1 is 0.407 bits per heavy atom. The Balaban J connectivity index is 1.54. The number of allylic oxidation sites excluding steroid dienone is 8. The number of rotatable bonds is 4. The minimum atomic E-state index is 0.129. The molecule has 54 heavy (non-hydrogen) atoms. The van der Waals surface area contributed by atoms with E-state index in [0.29, 0.717) is 77.9 Å². The quantitative estimate of drug-likeness (QED) is 0.168. The van der Waals surface area contributed by atoms with E-state index in [1.807, 2.05) is 12.1 Å². The lowest BCUT2D eigenvalue weighted by Gasteiger charge is -2.15. The van der Waals surface area contributed by atoms with Crippen molar-refractivity contribution in [1.29, 1.82) is 42.1 Å². The van der Waals surface area contributed by atoms with Crippen molar-refractivity contribution >= 4 is 44.6 Å². The molecule has 0 saturated carbocycles. The number of fused-ring (bicyclic) bond motifs is 2. The summed E-state index contributed by atoms with van der Waals surface area (Å²) in [6.07, 6.45) is 2.71. The van der Waals surface area contributed by atoms with Crippen LogP contribution in [0.15, 0.2) is 97.3 Å². The van der Waals surface area contributed by atoms with Gasteiger partial charge in [-0.1, -0.05) is 30.3 Å². The van der Waals surface area contributed by atoms with Gasteiger partial charge in [0.05, 0.1) is 68.1 Å². The molecule has 2 aliphatic carbocycles. The molecule has 0 aliphatic heterocycles. The second-order valence-electron chi connectivity index (χ2n) is 11.9. The van der Waals surface area contributed by atoms with Crippen LogP contribution in [0.2, 0.25) is 0 Å². The van der Waals surface area contributed by atoms with Gasteiger partial charge in [0, 0.05) is 45.8 Å². The molecule has 0 saturated heterocycles. The van der Waals surface area contributed by atoms with E-state index in [4.69, 9.17) is 0 Å². The molecule has 2 aliphatic rings. The summed E-state index contributed by atoms with van der Waals surface area (Å²) in [4.78, 5) is 8.76. The number of nitrogens with zero attached hydrogens (tertiary/aromatic N) is 10. The first-order chi connectivity index (χ1) is 26.4. The fourth-order valence-electron chi connectivity index (χ4n) is 6.72. The van der Waals surface area contributed by atoms with Crippen molar-refractivity contribution in [2.45, 2.75) is 0 Å². The van der Waals surface area contributed by atoms with Gasteiger partial charge in [0.25, 0.3) is 0 Å². The van der Waals surface area contributed by atoms with Crippen LogP contribution in [0.4, 0.5) is 0 Å². The topological polar surface area (TPSA) is 216 Å². The second kappa shape index (κ2) is 13.6. The maximum absolute atomic E-state index is 10.7. The molecule has 0 unspecified atom stereocenters. The van der Waals surface area contributed by atoms with Crippen LogP contribution in [-0.2, 0) is 0 Å². The normalized spacial score (nSPS) is 14.1. The number of nitriles is 8. The third-order valence-electron chi connectivity index (χ3n) is 9.06. The van der Waals surface area contributed by atoms with Crippen molar-refractivity contribution in [1.82, 2.24) is 9.97 Å². The molecule has 3 aromatic carbocycles. The summed E-state index contributed by atoms with van der Waals surface area (Å²) in [5.74, 6) is 0. The Kier molecular flexibility index (Phi) is 8.41. The summed E-state index contributed by atoms with van der Waals surface area (Å²) in [6, 6.07) is 40.3. The third-order valence-corrected chi connectivity index (χ3v) is 9.06. The monoisotopic (exact) mass is 684 g/mol. The van der Waals surface area contributed by atoms with Crippen molar-refractivity contribution in [3.63, 3.8) is 0 Å². The Hall–Kier alpha value is -9.16. The second-order valence-corrected chi connectivity index (χ2v) is 11.9. The summed E-state index contributed by atoms with van der Waals surface area (Å²) in [6.45, 7) is 0. The van der Waals surface area contributed by atoms with Gasteiger partial charge in [0.1, 0.15) is 36.4 Å². The van der Waals surface area contributed by atoms with Crippen molar-refractivity contribution in [2.75, 3.05) is 0 Å². The van der Waals surface area contributed by atoms with E-state index >= 15 is 0 Å². The molecule has 2 heterocycles. The van der Waals surface area contributed by atoms with E-state index in [0.717, 1.165) is 0 Å². The highest BCUT2D eigenvalue weighted by atomic mass is 14.7. The van der Waals surface area contributed by atoms with E-state index < -0.39 is 0 Å². The molecule has 10 heteroatoms. The highest BCUT2D eigenvalue weighted by Gasteiger charge is 2.34. The highest BCUT2D eigenvalue weighted by molar-refractivity contribution is 6.32. The van der Waals surface area contributed by atoms with Crippen molar-refractivity contribution < 1.29 is 0 Å². The van der Waals surface area contributed by atoms with Crippen molar-refractivity contribution in [3.05, 3.63) is 164 Å². The first-order valence-electron chi connectivity index (χ1n) is 15.9. The molecule has 0 fully saturated rings. The molecule has 0 bridgehead atoms. The number of benzene rings is 3. The van der Waals surface area contributed by atoms with Crippen molar-refractivity contribution in [3.8, 4) is 48.6 Å². The molecule has 0 amide bonds. The van der Waals surface area contributed by atoms with Gasteiger partial charge in [-0.05, 0) is 76.9 Å². The van der Waals surface area contributed by atoms with Gasteiger partial charge in [-0.3, -0.25) is 9.97 Å². The van der Waals surface area contributed by atoms with Crippen LogP contribution in [0.1, 0.15) is 67.0 Å². The van der Waals surface area contributed by atoms with E-state index in [-0.39, 0.29) is 33.7 Å².